The molecule has 1 aromatic heterocycles. The smallest absolute Gasteiger partial charge is 0.329 e. The van der Waals surface area contributed by atoms with Crippen LogP contribution in [0.4, 0.5) is 5.00 Å². The van der Waals surface area contributed by atoms with Gasteiger partial charge in [0.05, 0.1) is 5.56 Å². The van der Waals surface area contributed by atoms with Crippen molar-refractivity contribution in [1.82, 2.24) is 5.32 Å². The van der Waals surface area contributed by atoms with Gasteiger partial charge in [-0.1, -0.05) is 36.8 Å². The van der Waals surface area contributed by atoms with Gasteiger partial charge in [-0.2, -0.15) is 0 Å². The van der Waals surface area contributed by atoms with Gasteiger partial charge in [-0.15, -0.1) is 11.3 Å². The molecule has 3 rings (SSSR count). The monoisotopic (exact) mass is 430 g/mol. The molecule has 0 radical (unpaired) electrons. The summed E-state index contributed by atoms with van der Waals surface area (Å²) in [6.45, 7) is 3.66. The Balaban J connectivity index is 1.75. The van der Waals surface area contributed by atoms with Gasteiger partial charge in [-0.05, 0) is 43.2 Å². The van der Waals surface area contributed by atoms with Crippen LogP contribution in [0.1, 0.15) is 45.3 Å². The fourth-order valence-electron chi connectivity index (χ4n) is 3.45. The molecule has 1 aromatic carbocycles. The number of carboxylic acid groups (broad SMARTS) is 1. The van der Waals surface area contributed by atoms with Gasteiger partial charge < -0.3 is 20.5 Å². The number of hydrogen-bond donors (Lipinski definition) is 3. The van der Waals surface area contributed by atoms with Crippen molar-refractivity contribution in [1.29, 1.82) is 0 Å². The Labute approximate surface area is 179 Å². The zero-order valence-corrected chi connectivity index (χ0v) is 17.9. The van der Waals surface area contributed by atoms with Gasteiger partial charge in [0.2, 0.25) is 0 Å². The number of anilines is 1. The predicted octanol–water partition coefficient (Wildman–Crippen LogP) is 3.15. The molecule has 0 bridgehead atoms. The molecule has 2 amide bonds. The second-order valence-corrected chi connectivity index (χ2v) is 8.76. The fourth-order valence-corrected chi connectivity index (χ4v) is 4.87. The maximum atomic E-state index is 13.0. The highest BCUT2D eigenvalue weighted by Crippen LogP contribution is 2.39. The lowest BCUT2D eigenvalue weighted by atomic mass is 9.88. The van der Waals surface area contributed by atoms with Gasteiger partial charge in [0, 0.05) is 11.4 Å². The van der Waals surface area contributed by atoms with Crippen molar-refractivity contribution in [3.63, 3.8) is 0 Å². The van der Waals surface area contributed by atoms with Crippen molar-refractivity contribution in [2.24, 2.45) is 5.92 Å². The number of aryl methyl sites for hydroxylation is 1. The Hall–Kier alpha value is -2.71. The molecule has 0 fully saturated rings. The Kier molecular flexibility index (Phi) is 7.23. The first-order valence-electron chi connectivity index (χ1n) is 9.91. The quantitative estimate of drug-likeness (QED) is 0.597. The summed E-state index contributed by atoms with van der Waals surface area (Å²) in [5.41, 5.74) is 3.67. The number of carbonyl (C=O) groups excluding carboxylic acids is 2. The molecule has 160 valence electrons. The van der Waals surface area contributed by atoms with Crippen molar-refractivity contribution < 1.29 is 24.2 Å². The Bertz CT molecular complexity index is 936. The Morgan fingerprint density at radius 2 is 1.93 bits per heavy atom. The summed E-state index contributed by atoms with van der Waals surface area (Å²) in [6, 6.07) is 7.95. The molecular weight excluding hydrogens is 404 g/mol. The molecule has 0 saturated heterocycles. The second-order valence-electron chi connectivity index (χ2n) is 7.66. The zero-order chi connectivity index (χ0) is 21.7. The number of nitrogens with one attached hydrogen (secondary N) is 2. The van der Waals surface area contributed by atoms with E-state index in [1.54, 1.807) is 0 Å². The number of amides is 2. The van der Waals surface area contributed by atoms with Gasteiger partial charge in [-0.25, -0.2) is 4.79 Å². The number of fused-ring (bicyclic) bond motifs is 1. The second kappa shape index (κ2) is 9.86. The molecule has 0 spiro atoms. The van der Waals surface area contributed by atoms with Crippen LogP contribution in [0.3, 0.4) is 0 Å². The lowest BCUT2D eigenvalue weighted by Crippen LogP contribution is -2.26. The van der Waals surface area contributed by atoms with Crippen LogP contribution in [0, 0.1) is 12.8 Å². The van der Waals surface area contributed by atoms with Crippen LogP contribution in [0.5, 0.6) is 0 Å². The topological polar surface area (TPSA) is 105 Å². The van der Waals surface area contributed by atoms with E-state index in [9.17, 15) is 14.4 Å². The number of ether oxygens (including phenoxy) is 1. The molecule has 8 heteroatoms. The molecule has 1 heterocycles. The molecule has 2 aromatic rings. The van der Waals surface area contributed by atoms with Gasteiger partial charge in [-0.3, -0.25) is 9.59 Å². The van der Waals surface area contributed by atoms with Crippen LogP contribution < -0.4 is 10.6 Å². The summed E-state index contributed by atoms with van der Waals surface area (Å²) in [4.78, 5) is 36.9. The lowest BCUT2D eigenvalue weighted by molar-refractivity contribution is -0.143. The molecule has 0 saturated carbocycles. The predicted molar refractivity (Wildman–Crippen MR) is 115 cm³/mol. The third kappa shape index (κ3) is 5.67. The number of carboxylic acids is 1. The van der Waals surface area contributed by atoms with E-state index in [4.69, 9.17) is 9.84 Å². The Morgan fingerprint density at radius 3 is 2.63 bits per heavy atom. The first-order chi connectivity index (χ1) is 14.3. The molecule has 1 aliphatic carbocycles. The van der Waals surface area contributed by atoms with E-state index in [-0.39, 0.29) is 12.5 Å². The van der Waals surface area contributed by atoms with Crippen LogP contribution >= 0.6 is 11.3 Å². The number of rotatable bonds is 8. The van der Waals surface area contributed by atoms with Crippen LogP contribution in [0.15, 0.2) is 24.3 Å². The van der Waals surface area contributed by atoms with E-state index < -0.39 is 18.5 Å². The number of carbonyl (C=O) groups is 3. The van der Waals surface area contributed by atoms with E-state index in [1.165, 1.54) is 11.3 Å². The highest BCUT2D eigenvalue weighted by Gasteiger charge is 2.28. The summed E-state index contributed by atoms with van der Waals surface area (Å²) in [7, 11) is 0. The van der Waals surface area contributed by atoms with Gasteiger partial charge in [0.25, 0.3) is 11.8 Å². The molecule has 0 unspecified atom stereocenters. The van der Waals surface area contributed by atoms with Crippen molar-refractivity contribution in [3.8, 4) is 0 Å². The molecule has 7 nitrogen and oxygen atoms in total. The minimum absolute atomic E-state index is 0.218. The van der Waals surface area contributed by atoms with Crippen molar-refractivity contribution >= 4 is 34.1 Å². The maximum absolute atomic E-state index is 13.0. The van der Waals surface area contributed by atoms with Gasteiger partial charge >= 0.3 is 5.97 Å². The molecular formula is C22H26N2O5S. The number of aliphatic carboxylic acids is 1. The highest BCUT2D eigenvalue weighted by molar-refractivity contribution is 7.17. The summed E-state index contributed by atoms with van der Waals surface area (Å²) < 4.78 is 4.86. The number of benzene rings is 1. The molecule has 3 N–H and O–H groups in total. The average molecular weight is 431 g/mol. The van der Waals surface area contributed by atoms with E-state index in [0.29, 0.717) is 23.0 Å². The Morgan fingerprint density at radius 1 is 1.20 bits per heavy atom. The van der Waals surface area contributed by atoms with Gasteiger partial charge in [0.15, 0.2) is 0 Å². The lowest BCUT2D eigenvalue weighted by Gasteiger charge is -2.18. The molecule has 1 atom stereocenters. The van der Waals surface area contributed by atoms with Crippen LogP contribution in [-0.2, 0) is 33.7 Å². The zero-order valence-electron chi connectivity index (χ0n) is 17.1. The van der Waals surface area contributed by atoms with E-state index in [1.807, 2.05) is 31.2 Å². The standard InChI is InChI=1S/C22H26N2O5S/c1-13-3-6-15(7-4-13)10-23-21(28)20-16-8-5-14(2)9-17(16)30-22(20)24-18(25)11-29-12-19(26)27/h3-4,6-7,14H,5,8-12H2,1-2H3,(H,23,28)(H,24,25)(H,26,27)/t14-/m0/s1. The SMILES string of the molecule is Cc1ccc(CNC(=O)c2c(NC(=O)COCC(=O)O)sc3c2CC[C@H](C)C3)cc1. The van der Waals surface area contributed by atoms with E-state index in [0.717, 1.165) is 40.8 Å². The third-order valence-electron chi connectivity index (χ3n) is 5.02. The average Bonchev–Trinajstić information content (AvgIpc) is 3.03. The van der Waals surface area contributed by atoms with Crippen molar-refractivity contribution in [2.75, 3.05) is 18.5 Å². The summed E-state index contributed by atoms with van der Waals surface area (Å²) in [5.74, 6) is -1.30. The minimum atomic E-state index is -1.14. The first-order valence-corrected chi connectivity index (χ1v) is 10.7. The first kappa shape index (κ1) is 22.0. The molecule has 1 aliphatic rings. The van der Waals surface area contributed by atoms with Crippen LogP contribution in [-0.4, -0.2) is 36.1 Å². The van der Waals surface area contributed by atoms with Crippen LogP contribution in [0.25, 0.3) is 0 Å². The highest BCUT2D eigenvalue weighted by atomic mass is 32.1. The number of thiophene rings is 1. The van der Waals surface area contributed by atoms with Gasteiger partial charge in [0.1, 0.15) is 18.2 Å². The van der Waals surface area contributed by atoms with E-state index >= 15 is 0 Å². The maximum Gasteiger partial charge on any atom is 0.329 e. The van der Waals surface area contributed by atoms with Crippen molar-refractivity contribution in [2.45, 2.75) is 39.7 Å². The molecule has 30 heavy (non-hydrogen) atoms. The molecule has 0 aliphatic heterocycles. The third-order valence-corrected chi connectivity index (χ3v) is 6.19. The number of hydrogen-bond acceptors (Lipinski definition) is 5. The van der Waals surface area contributed by atoms with E-state index in [2.05, 4.69) is 17.6 Å². The largest absolute Gasteiger partial charge is 0.480 e. The summed E-state index contributed by atoms with van der Waals surface area (Å²) in [6.07, 6.45) is 2.67. The summed E-state index contributed by atoms with van der Waals surface area (Å²) in [5, 5.41) is 14.8. The normalized spacial score (nSPS) is 15.3. The fraction of sp³-hybridized carbons (Fsp3) is 0.409. The van der Waals surface area contributed by atoms with Crippen molar-refractivity contribution in [3.05, 3.63) is 51.4 Å². The van der Waals surface area contributed by atoms with Crippen LogP contribution in [0.2, 0.25) is 0 Å². The summed E-state index contributed by atoms with van der Waals surface area (Å²) >= 11 is 1.42. The minimum Gasteiger partial charge on any atom is -0.480 e.